The summed E-state index contributed by atoms with van der Waals surface area (Å²) in [6.07, 6.45) is 0. The van der Waals surface area contributed by atoms with Gasteiger partial charge in [-0.2, -0.15) is 0 Å². The first-order valence-electron chi connectivity index (χ1n) is 10.7. The van der Waals surface area contributed by atoms with Crippen LogP contribution in [0.2, 0.25) is 5.02 Å². The predicted octanol–water partition coefficient (Wildman–Crippen LogP) is 4.62. The first-order chi connectivity index (χ1) is 16.2. The maximum Gasteiger partial charge on any atom is 0.264 e. The Morgan fingerprint density at radius 2 is 1.76 bits per heavy atom. The van der Waals surface area contributed by atoms with Crippen molar-refractivity contribution in [3.63, 3.8) is 0 Å². The maximum absolute atomic E-state index is 12.8. The summed E-state index contributed by atoms with van der Waals surface area (Å²) in [7, 11) is 0. The summed E-state index contributed by atoms with van der Waals surface area (Å²) in [5, 5.41) is 12.5. The third-order valence-electron chi connectivity index (χ3n) is 5.90. The summed E-state index contributed by atoms with van der Waals surface area (Å²) in [5.41, 5.74) is 2.48. The molecule has 0 atom stereocenters. The lowest BCUT2D eigenvalue weighted by Gasteiger charge is -2.35. The Morgan fingerprint density at radius 1 is 0.939 bits per heavy atom. The van der Waals surface area contributed by atoms with Crippen molar-refractivity contribution in [2.24, 2.45) is 0 Å². The second-order valence-electron chi connectivity index (χ2n) is 7.88. The summed E-state index contributed by atoms with van der Waals surface area (Å²) >= 11 is 7.75. The summed E-state index contributed by atoms with van der Waals surface area (Å²) in [6.45, 7) is 2.57. The number of hydrogen-bond donors (Lipinski definition) is 0. The lowest BCUT2D eigenvalue weighted by molar-refractivity contribution is 0.0751. The van der Waals surface area contributed by atoms with E-state index in [-0.39, 0.29) is 5.91 Å². The number of halogens is 1. The Labute approximate surface area is 198 Å². The van der Waals surface area contributed by atoms with Gasteiger partial charge in [0.15, 0.2) is 11.5 Å². The van der Waals surface area contributed by atoms with Gasteiger partial charge in [-0.15, -0.1) is 21.5 Å². The van der Waals surface area contributed by atoms with E-state index in [0.717, 1.165) is 38.8 Å². The molecule has 1 amide bonds. The zero-order chi connectivity index (χ0) is 22.4. The third-order valence-corrected chi connectivity index (χ3v) is 6.99. The van der Waals surface area contributed by atoms with Crippen molar-refractivity contribution in [3.8, 4) is 11.4 Å². The molecule has 1 saturated heterocycles. The van der Waals surface area contributed by atoms with Crippen LogP contribution in [-0.4, -0.2) is 56.6 Å². The molecule has 33 heavy (non-hydrogen) atoms. The van der Waals surface area contributed by atoms with E-state index in [1.165, 1.54) is 11.3 Å². The van der Waals surface area contributed by atoms with Gasteiger partial charge in [-0.05, 0) is 29.6 Å². The minimum absolute atomic E-state index is 0.0855. The van der Waals surface area contributed by atoms with Crippen molar-refractivity contribution >= 4 is 51.3 Å². The summed E-state index contributed by atoms with van der Waals surface area (Å²) in [4.78, 5) is 22.7. The fraction of sp³-hybridized carbons (Fsp3) is 0.167. The minimum atomic E-state index is 0.0855. The molecule has 6 rings (SSSR count). The van der Waals surface area contributed by atoms with Crippen LogP contribution in [0.4, 0.5) is 5.95 Å². The Kier molecular flexibility index (Phi) is 4.96. The molecule has 3 aromatic heterocycles. The SMILES string of the molecule is O=C(c1cccs1)N1CCN(c2nc3cc(Cl)ccc3c3nnc(-c4ccccc4)n23)CC1. The van der Waals surface area contributed by atoms with Crippen molar-refractivity contribution in [1.82, 2.24) is 24.5 Å². The zero-order valence-corrected chi connectivity index (χ0v) is 19.1. The lowest BCUT2D eigenvalue weighted by Crippen LogP contribution is -2.49. The monoisotopic (exact) mass is 474 g/mol. The van der Waals surface area contributed by atoms with E-state index in [4.69, 9.17) is 16.6 Å². The molecule has 5 aromatic rings. The topological polar surface area (TPSA) is 66.6 Å². The highest BCUT2D eigenvalue weighted by Gasteiger charge is 2.26. The molecule has 2 aromatic carbocycles. The second-order valence-corrected chi connectivity index (χ2v) is 9.26. The van der Waals surface area contributed by atoms with Crippen molar-refractivity contribution in [1.29, 1.82) is 0 Å². The zero-order valence-electron chi connectivity index (χ0n) is 17.6. The first kappa shape index (κ1) is 20.1. The van der Waals surface area contributed by atoms with E-state index in [1.54, 1.807) is 0 Å². The fourth-order valence-electron chi connectivity index (χ4n) is 4.24. The standard InChI is InChI=1S/C24H19ClN6OS/c25-17-8-9-18-19(15-17)26-24(31-21(27-28-22(18)31)16-5-2-1-3-6-16)30-12-10-29(11-13-30)23(32)20-7-4-14-33-20/h1-9,14-15H,10-13H2. The number of benzene rings is 2. The fourth-order valence-corrected chi connectivity index (χ4v) is 5.10. The van der Waals surface area contributed by atoms with Gasteiger partial charge >= 0.3 is 0 Å². The van der Waals surface area contributed by atoms with E-state index in [9.17, 15) is 4.79 Å². The van der Waals surface area contributed by atoms with Gasteiger partial charge in [0.05, 0.1) is 10.4 Å². The molecule has 164 valence electrons. The van der Waals surface area contributed by atoms with E-state index in [1.807, 2.05) is 75.3 Å². The Balaban J connectivity index is 1.43. The lowest BCUT2D eigenvalue weighted by atomic mass is 10.2. The highest BCUT2D eigenvalue weighted by atomic mass is 35.5. The van der Waals surface area contributed by atoms with E-state index < -0.39 is 0 Å². The van der Waals surface area contributed by atoms with Crippen LogP contribution in [-0.2, 0) is 0 Å². The summed E-state index contributed by atoms with van der Waals surface area (Å²) in [6, 6.07) is 19.4. The number of fused-ring (bicyclic) bond motifs is 3. The van der Waals surface area contributed by atoms with Gasteiger partial charge in [0.25, 0.3) is 5.91 Å². The maximum atomic E-state index is 12.8. The van der Waals surface area contributed by atoms with E-state index in [0.29, 0.717) is 31.2 Å². The molecule has 1 aliphatic rings. The van der Waals surface area contributed by atoms with Gasteiger partial charge in [-0.1, -0.05) is 48.0 Å². The van der Waals surface area contributed by atoms with Crippen LogP contribution in [0.5, 0.6) is 0 Å². The second kappa shape index (κ2) is 8.13. The first-order valence-corrected chi connectivity index (χ1v) is 11.9. The number of rotatable bonds is 3. The Hall–Kier alpha value is -3.49. The number of piperazine rings is 1. The molecule has 0 radical (unpaired) electrons. The van der Waals surface area contributed by atoms with Gasteiger partial charge in [0, 0.05) is 42.2 Å². The van der Waals surface area contributed by atoms with Gasteiger partial charge in [0.1, 0.15) is 0 Å². The quantitative estimate of drug-likeness (QED) is 0.381. The summed E-state index contributed by atoms with van der Waals surface area (Å²) in [5.74, 6) is 1.58. The molecule has 0 saturated carbocycles. The third kappa shape index (κ3) is 3.51. The Bertz CT molecular complexity index is 1460. The van der Waals surface area contributed by atoms with Crippen LogP contribution in [0.1, 0.15) is 9.67 Å². The van der Waals surface area contributed by atoms with E-state index >= 15 is 0 Å². The van der Waals surface area contributed by atoms with Gasteiger partial charge in [-0.3, -0.25) is 4.79 Å². The van der Waals surface area contributed by atoms with Crippen LogP contribution < -0.4 is 4.90 Å². The van der Waals surface area contributed by atoms with E-state index in [2.05, 4.69) is 15.1 Å². The number of amides is 1. The normalized spacial score (nSPS) is 14.3. The molecular formula is C24H19ClN6OS. The molecular weight excluding hydrogens is 456 g/mol. The molecule has 9 heteroatoms. The van der Waals surface area contributed by atoms with Gasteiger partial charge in [-0.25, -0.2) is 9.38 Å². The smallest absolute Gasteiger partial charge is 0.264 e. The largest absolute Gasteiger partial charge is 0.338 e. The van der Waals surface area contributed by atoms with Gasteiger partial charge < -0.3 is 9.80 Å². The number of carbonyl (C=O) groups excluding carboxylic acids is 1. The van der Waals surface area contributed by atoms with Crippen LogP contribution in [0.25, 0.3) is 27.9 Å². The number of thiophene rings is 1. The molecule has 4 heterocycles. The number of carbonyl (C=O) groups is 1. The van der Waals surface area contributed by atoms with Crippen molar-refractivity contribution in [3.05, 3.63) is 75.9 Å². The average molecular weight is 475 g/mol. The Morgan fingerprint density at radius 3 is 2.52 bits per heavy atom. The molecule has 0 N–H and O–H groups in total. The number of hydrogen-bond acceptors (Lipinski definition) is 6. The number of nitrogens with zero attached hydrogens (tertiary/aromatic N) is 6. The molecule has 0 unspecified atom stereocenters. The van der Waals surface area contributed by atoms with Crippen LogP contribution >= 0.6 is 22.9 Å². The average Bonchev–Trinajstić information content (AvgIpc) is 3.54. The molecule has 1 fully saturated rings. The van der Waals surface area contributed by atoms with Crippen LogP contribution in [0.15, 0.2) is 66.0 Å². The molecule has 1 aliphatic heterocycles. The van der Waals surface area contributed by atoms with Crippen molar-refractivity contribution < 1.29 is 4.79 Å². The highest BCUT2D eigenvalue weighted by Crippen LogP contribution is 2.30. The van der Waals surface area contributed by atoms with Crippen molar-refractivity contribution in [2.45, 2.75) is 0 Å². The minimum Gasteiger partial charge on any atom is -0.338 e. The molecule has 0 bridgehead atoms. The highest BCUT2D eigenvalue weighted by molar-refractivity contribution is 7.12. The predicted molar refractivity (Wildman–Crippen MR) is 131 cm³/mol. The molecule has 7 nitrogen and oxygen atoms in total. The molecule has 0 aliphatic carbocycles. The van der Waals surface area contributed by atoms with Crippen LogP contribution in [0.3, 0.4) is 0 Å². The van der Waals surface area contributed by atoms with Crippen molar-refractivity contribution in [2.75, 3.05) is 31.1 Å². The molecule has 0 spiro atoms. The number of aromatic nitrogens is 4. The number of anilines is 1. The van der Waals surface area contributed by atoms with Crippen LogP contribution in [0, 0.1) is 0 Å². The van der Waals surface area contributed by atoms with Gasteiger partial charge in [0.2, 0.25) is 5.95 Å². The summed E-state index contributed by atoms with van der Waals surface area (Å²) < 4.78 is 2.02.